The number of hydrogen-bond acceptors (Lipinski definition) is 2. The Morgan fingerprint density at radius 2 is 2.26 bits per heavy atom. The Hall–Kier alpha value is -0.570. The van der Waals surface area contributed by atoms with Gasteiger partial charge in [0.1, 0.15) is 0 Å². The number of benzene rings is 1. The van der Waals surface area contributed by atoms with Crippen molar-refractivity contribution in [1.29, 1.82) is 0 Å². The SMILES string of the molecule is CCC(C)N(C)CCNC1CCc2cc(Cl)ccc21. The second kappa shape index (κ2) is 6.74. The van der Waals surface area contributed by atoms with Crippen molar-refractivity contribution in [3.63, 3.8) is 0 Å². The van der Waals surface area contributed by atoms with Crippen LogP contribution in [0.15, 0.2) is 18.2 Å². The Balaban J connectivity index is 1.83. The summed E-state index contributed by atoms with van der Waals surface area (Å²) < 4.78 is 0. The van der Waals surface area contributed by atoms with Crippen molar-refractivity contribution in [2.45, 2.75) is 45.2 Å². The quantitative estimate of drug-likeness (QED) is 0.856. The minimum absolute atomic E-state index is 0.512. The highest BCUT2D eigenvalue weighted by Crippen LogP contribution is 2.32. The van der Waals surface area contributed by atoms with Gasteiger partial charge < -0.3 is 10.2 Å². The third-order valence-corrected chi connectivity index (χ3v) is 4.62. The van der Waals surface area contributed by atoms with E-state index in [0.717, 1.165) is 24.5 Å². The summed E-state index contributed by atoms with van der Waals surface area (Å²) in [4.78, 5) is 2.42. The molecule has 0 radical (unpaired) electrons. The first-order valence-electron chi connectivity index (χ1n) is 7.33. The van der Waals surface area contributed by atoms with Crippen LogP contribution in [0.3, 0.4) is 0 Å². The molecule has 0 saturated heterocycles. The molecule has 3 heteroatoms. The molecule has 0 fully saturated rings. The van der Waals surface area contributed by atoms with Crippen LogP contribution in [0, 0.1) is 0 Å². The molecule has 2 unspecified atom stereocenters. The molecule has 1 aromatic rings. The normalized spacial score (nSPS) is 19.7. The summed E-state index contributed by atoms with van der Waals surface area (Å²) in [5, 5.41) is 4.54. The van der Waals surface area contributed by atoms with E-state index in [1.165, 1.54) is 24.0 Å². The van der Waals surface area contributed by atoms with E-state index in [1.807, 2.05) is 6.07 Å². The molecule has 1 aliphatic rings. The van der Waals surface area contributed by atoms with E-state index in [9.17, 15) is 0 Å². The van der Waals surface area contributed by atoms with Crippen LogP contribution in [0.4, 0.5) is 0 Å². The van der Waals surface area contributed by atoms with Gasteiger partial charge in [0.15, 0.2) is 0 Å². The van der Waals surface area contributed by atoms with Gasteiger partial charge in [0, 0.05) is 30.2 Å². The Morgan fingerprint density at radius 3 is 3.00 bits per heavy atom. The third kappa shape index (κ3) is 3.71. The van der Waals surface area contributed by atoms with Gasteiger partial charge in [-0.3, -0.25) is 0 Å². The number of nitrogens with one attached hydrogen (secondary N) is 1. The van der Waals surface area contributed by atoms with Crippen LogP contribution in [0.1, 0.15) is 43.9 Å². The average Bonchev–Trinajstić information content (AvgIpc) is 2.80. The monoisotopic (exact) mass is 280 g/mol. The highest BCUT2D eigenvalue weighted by atomic mass is 35.5. The molecule has 106 valence electrons. The van der Waals surface area contributed by atoms with Gasteiger partial charge in [0.25, 0.3) is 0 Å². The summed E-state index contributed by atoms with van der Waals surface area (Å²) in [6.07, 6.45) is 3.55. The number of hydrogen-bond donors (Lipinski definition) is 1. The number of halogens is 1. The third-order valence-electron chi connectivity index (χ3n) is 4.38. The van der Waals surface area contributed by atoms with Gasteiger partial charge in [-0.1, -0.05) is 24.6 Å². The predicted molar refractivity (Wildman–Crippen MR) is 82.9 cm³/mol. The molecule has 0 spiro atoms. The molecule has 0 saturated carbocycles. The van der Waals surface area contributed by atoms with Crippen LogP contribution >= 0.6 is 11.6 Å². The van der Waals surface area contributed by atoms with Crippen LogP contribution in [-0.4, -0.2) is 31.1 Å². The molecule has 2 atom stereocenters. The number of fused-ring (bicyclic) bond motifs is 1. The minimum Gasteiger partial charge on any atom is -0.309 e. The molecule has 0 heterocycles. The topological polar surface area (TPSA) is 15.3 Å². The molecule has 2 nitrogen and oxygen atoms in total. The molecule has 1 aromatic carbocycles. The Morgan fingerprint density at radius 1 is 1.47 bits per heavy atom. The maximum absolute atomic E-state index is 6.04. The molecular weight excluding hydrogens is 256 g/mol. The maximum atomic E-state index is 6.04. The van der Waals surface area contributed by atoms with E-state index >= 15 is 0 Å². The maximum Gasteiger partial charge on any atom is 0.0408 e. The fraction of sp³-hybridized carbons (Fsp3) is 0.625. The minimum atomic E-state index is 0.512. The zero-order chi connectivity index (χ0) is 13.8. The molecule has 2 rings (SSSR count). The van der Waals surface area contributed by atoms with Crippen LogP contribution < -0.4 is 5.32 Å². The lowest BCUT2D eigenvalue weighted by Crippen LogP contribution is -2.35. The number of nitrogens with zero attached hydrogens (tertiary/aromatic N) is 1. The van der Waals surface area contributed by atoms with E-state index in [4.69, 9.17) is 11.6 Å². The summed E-state index contributed by atoms with van der Waals surface area (Å²) in [5.41, 5.74) is 2.86. The number of likely N-dealkylation sites (N-methyl/N-ethyl adjacent to an activating group) is 1. The first-order chi connectivity index (χ1) is 9.11. The molecule has 1 N–H and O–H groups in total. The zero-order valence-corrected chi connectivity index (χ0v) is 13.0. The fourth-order valence-corrected chi connectivity index (χ4v) is 2.94. The molecular formula is C16H25ClN2. The highest BCUT2D eigenvalue weighted by molar-refractivity contribution is 6.30. The molecule has 0 bridgehead atoms. The van der Waals surface area contributed by atoms with Crippen molar-refractivity contribution >= 4 is 11.6 Å². The van der Waals surface area contributed by atoms with Gasteiger partial charge in [0.05, 0.1) is 0 Å². The van der Waals surface area contributed by atoms with Crippen LogP contribution in [-0.2, 0) is 6.42 Å². The van der Waals surface area contributed by atoms with Crippen LogP contribution in [0.5, 0.6) is 0 Å². The first kappa shape index (κ1) is 14.8. The van der Waals surface area contributed by atoms with E-state index in [0.29, 0.717) is 12.1 Å². The lowest BCUT2D eigenvalue weighted by atomic mass is 10.1. The van der Waals surface area contributed by atoms with Gasteiger partial charge >= 0.3 is 0 Å². The second-order valence-electron chi connectivity index (χ2n) is 5.63. The molecule has 0 aliphatic heterocycles. The summed E-state index contributed by atoms with van der Waals surface area (Å²) in [7, 11) is 2.21. The summed E-state index contributed by atoms with van der Waals surface area (Å²) in [6, 6.07) is 7.48. The largest absolute Gasteiger partial charge is 0.309 e. The number of aryl methyl sites for hydroxylation is 1. The summed E-state index contributed by atoms with van der Waals surface area (Å²) in [6.45, 7) is 6.68. The van der Waals surface area contributed by atoms with Gasteiger partial charge in [-0.05, 0) is 56.5 Å². The fourth-order valence-electron chi connectivity index (χ4n) is 2.75. The van der Waals surface area contributed by atoms with E-state index in [1.54, 1.807) is 0 Å². The second-order valence-corrected chi connectivity index (χ2v) is 6.06. The lowest BCUT2D eigenvalue weighted by Gasteiger charge is -2.24. The zero-order valence-electron chi connectivity index (χ0n) is 12.2. The Kier molecular flexibility index (Phi) is 5.26. The average molecular weight is 281 g/mol. The lowest BCUT2D eigenvalue weighted by molar-refractivity contribution is 0.248. The van der Waals surface area contributed by atoms with Crippen molar-refractivity contribution in [2.75, 3.05) is 20.1 Å². The molecule has 19 heavy (non-hydrogen) atoms. The van der Waals surface area contributed by atoms with E-state index in [-0.39, 0.29) is 0 Å². The van der Waals surface area contributed by atoms with Gasteiger partial charge in [-0.2, -0.15) is 0 Å². The van der Waals surface area contributed by atoms with Crippen LogP contribution in [0.2, 0.25) is 5.02 Å². The predicted octanol–water partition coefficient (Wildman–Crippen LogP) is 3.65. The standard InChI is InChI=1S/C16H25ClN2/c1-4-12(2)19(3)10-9-18-16-8-5-13-11-14(17)6-7-15(13)16/h6-7,11-12,16,18H,4-5,8-10H2,1-3H3. The number of rotatable bonds is 6. The van der Waals surface area contributed by atoms with Crippen molar-refractivity contribution in [3.8, 4) is 0 Å². The smallest absolute Gasteiger partial charge is 0.0408 e. The van der Waals surface area contributed by atoms with Gasteiger partial charge in [-0.15, -0.1) is 0 Å². The Bertz CT molecular complexity index is 419. The van der Waals surface area contributed by atoms with E-state index in [2.05, 4.69) is 43.2 Å². The summed E-state index contributed by atoms with van der Waals surface area (Å²) >= 11 is 6.04. The van der Waals surface area contributed by atoms with Crippen LogP contribution in [0.25, 0.3) is 0 Å². The van der Waals surface area contributed by atoms with Crippen molar-refractivity contribution in [2.24, 2.45) is 0 Å². The molecule has 1 aliphatic carbocycles. The summed E-state index contributed by atoms with van der Waals surface area (Å²) in [5.74, 6) is 0. The van der Waals surface area contributed by atoms with Gasteiger partial charge in [0.2, 0.25) is 0 Å². The first-order valence-corrected chi connectivity index (χ1v) is 7.71. The Labute approximate surface area is 122 Å². The molecule has 0 amide bonds. The van der Waals surface area contributed by atoms with Crippen molar-refractivity contribution in [1.82, 2.24) is 10.2 Å². The molecule has 0 aromatic heterocycles. The van der Waals surface area contributed by atoms with E-state index < -0.39 is 0 Å². The highest BCUT2D eigenvalue weighted by Gasteiger charge is 2.21. The van der Waals surface area contributed by atoms with Gasteiger partial charge in [-0.25, -0.2) is 0 Å². The van der Waals surface area contributed by atoms with Crippen molar-refractivity contribution in [3.05, 3.63) is 34.3 Å². The van der Waals surface area contributed by atoms with Crippen molar-refractivity contribution < 1.29 is 0 Å².